The van der Waals surface area contributed by atoms with Crippen molar-refractivity contribution in [1.29, 1.82) is 0 Å². The lowest BCUT2D eigenvalue weighted by atomic mass is 10.0. The number of para-hydroxylation sites is 1. The fourth-order valence-electron chi connectivity index (χ4n) is 3.78. The summed E-state index contributed by atoms with van der Waals surface area (Å²) < 4.78 is 8.12. The van der Waals surface area contributed by atoms with Gasteiger partial charge in [0.1, 0.15) is 5.75 Å². The minimum Gasteiger partial charge on any atom is -0.483 e. The molecule has 3 aromatic carbocycles. The Hall–Kier alpha value is -4.11. The van der Waals surface area contributed by atoms with Gasteiger partial charge in [-0.05, 0) is 73.9 Å². The van der Waals surface area contributed by atoms with Crippen LogP contribution < -0.4 is 10.1 Å². The summed E-state index contributed by atoms with van der Waals surface area (Å²) in [5, 5.41) is 20.8. The van der Waals surface area contributed by atoms with Crippen molar-refractivity contribution < 1.29 is 19.4 Å². The molecule has 1 aromatic heterocycles. The van der Waals surface area contributed by atoms with Gasteiger partial charge in [0.05, 0.1) is 10.8 Å². The van der Waals surface area contributed by atoms with Crippen LogP contribution in [-0.2, 0) is 4.79 Å². The minimum atomic E-state index is -1.02. The molecule has 0 bridgehead atoms. The van der Waals surface area contributed by atoms with Crippen molar-refractivity contribution in [3.05, 3.63) is 95.8 Å². The third kappa shape index (κ3) is 6.41. The number of anilines is 1. The largest absolute Gasteiger partial charge is 0.483 e. The normalized spacial score (nSPS) is 12.7. The van der Waals surface area contributed by atoms with Gasteiger partial charge in [0.15, 0.2) is 17.1 Å². The van der Waals surface area contributed by atoms with E-state index in [4.69, 9.17) is 9.84 Å². The number of hydrogen-bond acceptors (Lipinski definition) is 6. The van der Waals surface area contributed by atoms with Crippen LogP contribution in [0.5, 0.6) is 5.75 Å². The number of nitrogens with one attached hydrogen (secondary N) is 1. The van der Waals surface area contributed by atoms with Crippen molar-refractivity contribution in [3.63, 3.8) is 0 Å². The van der Waals surface area contributed by atoms with Gasteiger partial charge in [0.2, 0.25) is 5.91 Å². The summed E-state index contributed by atoms with van der Waals surface area (Å²) >= 11 is 1.28. The van der Waals surface area contributed by atoms with E-state index in [1.165, 1.54) is 29.5 Å². The number of amides is 1. The first-order chi connectivity index (χ1) is 18.2. The first-order valence-electron chi connectivity index (χ1n) is 12.3. The summed E-state index contributed by atoms with van der Waals surface area (Å²) in [5.74, 6) is 0.528. The molecule has 4 rings (SSSR count). The molecule has 4 aromatic rings. The van der Waals surface area contributed by atoms with E-state index in [1.54, 1.807) is 19.1 Å². The fraction of sp³-hybridized carbons (Fsp3) is 0.241. The van der Waals surface area contributed by atoms with E-state index in [1.807, 2.05) is 54.0 Å². The first kappa shape index (κ1) is 26.9. The lowest BCUT2D eigenvalue weighted by Crippen LogP contribution is -2.23. The Morgan fingerprint density at radius 2 is 1.55 bits per heavy atom. The fourth-order valence-corrected chi connectivity index (χ4v) is 4.65. The van der Waals surface area contributed by atoms with Crippen LogP contribution in [0.1, 0.15) is 61.5 Å². The number of carbonyl (C=O) groups excluding carboxylic acids is 1. The third-order valence-corrected chi connectivity index (χ3v) is 6.99. The molecule has 0 aliphatic heterocycles. The third-order valence-electron chi connectivity index (χ3n) is 5.95. The molecule has 0 saturated carbocycles. The minimum absolute atomic E-state index is 0.154. The zero-order chi connectivity index (χ0) is 27.2. The molecule has 38 heavy (non-hydrogen) atoms. The second kappa shape index (κ2) is 12.0. The Kier molecular flexibility index (Phi) is 8.48. The summed E-state index contributed by atoms with van der Waals surface area (Å²) in [5.41, 5.74) is 2.77. The standard InChI is InChI=1S/C29H30N4O4S/c1-18(2)21-12-16-25(17-13-21)37-19(3)26-31-32-29(33(26)24-8-6-5-7-9-24)38-20(4)27(34)30-23-14-10-22(11-15-23)28(35)36/h5-20H,1-4H3,(H,30,34)(H,35,36). The highest BCUT2D eigenvalue weighted by molar-refractivity contribution is 8.00. The molecule has 196 valence electrons. The predicted molar refractivity (Wildman–Crippen MR) is 148 cm³/mol. The maximum atomic E-state index is 12.9. The molecule has 0 aliphatic rings. The molecule has 1 heterocycles. The Labute approximate surface area is 226 Å². The number of benzene rings is 3. The van der Waals surface area contributed by atoms with Gasteiger partial charge < -0.3 is 15.2 Å². The van der Waals surface area contributed by atoms with Gasteiger partial charge in [-0.1, -0.05) is 55.9 Å². The molecule has 8 nitrogen and oxygen atoms in total. The molecule has 0 fully saturated rings. The summed E-state index contributed by atoms with van der Waals surface area (Å²) in [6, 6.07) is 23.8. The second-order valence-electron chi connectivity index (χ2n) is 9.13. The summed E-state index contributed by atoms with van der Waals surface area (Å²) in [4.78, 5) is 24.0. The average Bonchev–Trinajstić information content (AvgIpc) is 3.33. The average molecular weight is 531 g/mol. The smallest absolute Gasteiger partial charge is 0.335 e. The van der Waals surface area contributed by atoms with Crippen LogP contribution in [0.25, 0.3) is 5.69 Å². The maximum absolute atomic E-state index is 12.9. The van der Waals surface area contributed by atoms with E-state index in [9.17, 15) is 9.59 Å². The number of nitrogens with zero attached hydrogens (tertiary/aromatic N) is 3. The van der Waals surface area contributed by atoms with Crippen LogP contribution >= 0.6 is 11.8 Å². The number of aromatic carboxylic acids is 1. The van der Waals surface area contributed by atoms with Gasteiger partial charge in [-0.3, -0.25) is 9.36 Å². The molecule has 2 N–H and O–H groups in total. The monoisotopic (exact) mass is 530 g/mol. The summed E-state index contributed by atoms with van der Waals surface area (Å²) in [6.45, 7) is 8.00. The molecule has 9 heteroatoms. The Bertz CT molecular complexity index is 1390. The van der Waals surface area contributed by atoms with Crippen molar-refractivity contribution >= 4 is 29.3 Å². The SMILES string of the molecule is CC(Sc1nnc(C(C)Oc2ccc(C(C)C)cc2)n1-c1ccccc1)C(=O)Nc1ccc(C(=O)O)cc1. The second-order valence-corrected chi connectivity index (χ2v) is 10.4. The van der Waals surface area contributed by atoms with E-state index in [2.05, 4.69) is 41.5 Å². The van der Waals surface area contributed by atoms with Gasteiger partial charge in [0, 0.05) is 11.4 Å². The van der Waals surface area contributed by atoms with E-state index >= 15 is 0 Å². The van der Waals surface area contributed by atoms with Gasteiger partial charge in [0.25, 0.3) is 0 Å². The summed E-state index contributed by atoms with van der Waals surface area (Å²) in [6.07, 6.45) is -0.404. The quantitative estimate of drug-likeness (QED) is 0.230. The Morgan fingerprint density at radius 1 is 0.895 bits per heavy atom. The molecule has 0 radical (unpaired) electrons. The van der Waals surface area contributed by atoms with Crippen molar-refractivity contribution in [1.82, 2.24) is 14.8 Å². The van der Waals surface area contributed by atoms with Crippen molar-refractivity contribution in [2.45, 2.75) is 50.1 Å². The van der Waals surface area contributed by atoms with Gasteiger partial charge in [-0.2, -0.15) is 0 Å². The molecule has 0 aliphatic carbocycles. The number of carboxylic acids is 1. The van der Waals surface area contributed by atoms with Crippen molar-refractivity contribution in [2.75, 3.05) is 5.32 Å². The van der Waals surface area contributed by atoms with Crippen molar-refractivity contribution in [2.24, 2.45) is 0 Å². The van der Waals surface area contributed by atoms with E-state index < -0.39 is 17.3 Å². The molecule has 2 unspecified atom stereocenters. The number of aromatic nitrogens is 3. The highest BCUT2D eigenvalue weighted by atomic mass is 32.2. The Balaban J connectivity index is 1.53. The van der Waals surface area contributed by atoms with Gasteiger partial charge in [-0.15, -0.1) is 10.2 Å². The molecule has 1 amide bonds. The van der Waals surface area contributed by atoms with Crippen LogP contribution in [-0.4, -0.2) is 37.0 Å². The van der Waals surface area contributed by atoms with E-state index in [0.29, 0.717) is 22.6 Å². The zero-order valence-corrected chi connectivity index (χ0v) is 22.5. The number of rotatable bonds is 10. The van der Waals surface area contributed by atoms with Gasteiger partial charge >= 0.3 is 5.97 Å². The predicted octanol–water partition coefficient (Wildman–Crippen LogP) is 6.35. The number of hydrogen-bond donors (Lipinski definition) is 2. The number of carbonyl (C=O) groups is 2. The van der Waals surface area contributed by atoms with Crippen LogP contribution in [0, 0.1) is 0 Å². The van der Waals surface area contributed by atoms with Crippen molar-refractivity contribution in [3.8, 4) is 11.4 Å². The first-order valence-corrected chi connectivity index (χ1v) is 13.2. The maximum Gasteiger partial charge on any atom is 0.335 e. The highest BCUT2D eigenvalue weighted by Crippen LogP contribution is 2.30. The van der Waals surface area contributed by atoms with Crippen LogP contribution in [0.3, 0.4) is 0 Å². The Morgan fingerprint density at radius 3 is 2.16 bits per heavy atom. The van der Waals surface area contributed by atoms with E-state index in [-0.39, 0.29) is 11.5 Å². The zero-order valence-electron chi connectivity index (χ0n) is 21.7. The number of thioether (sulfide) groups is 1. The molecule has 2 atom stereocenters. The summed E-state index contributed by atoms with van der Waals surface area (Å²) in [7, 11) is 0. The topological polar surface area (TPSA) is 106 Å². The van der Waals surface area contributed by atoms with Crippen LogP contribution in [0.15, 0.2) is 84.0 Å². The van der Waals surface area contributed by atoms with Crippen LogP contribution in [0.2, 0.25) is 0 Å². The number of ether oxygens (including phenoxy) is 1. The lowest BCUT2D eigenvalue weighted by molar-refractivity contribution is -0.115. The van der Waals surface area contributed by atoms with Gasteiger partial charge in [-0.25, -0.2) is 4.79 Å². The molecular weight excluding hydrogens is 500 g/mol. The molecule has 0 saturated heterocycles. The highest BCUT2D eigenvalue weighted by Gasteiger charge is 2.24. The van der Waals surface area contributed by atoms with Crippen LogP contribution in [0.4, 0.5) is 5.69 Å². The molecular formula is C29H30N4O4S. The van der Waals surface area contributed by atoms with E-state index in [0.717, 1.165) is 11.4 Å². The molecule has 0 spiro atoms. The number of carboxylic acid groups (broad SMARTS) is 1. The lowest BCUT2D eigenvalue weighted by Gasteiger charge is -2.18.